The van der Waals surface area contributed by atoms with Crippen molar-refractivity contribution in [2.24, 2.45) is 5.92 Å². The molecule has 0 aliphatic carbocycles. The molecule has 0 spiro atoms. The fourth-order valence-corrected chi connectivity index (χ4v) is 5.49. The summed E-state index contributed by atoms with van der Waals surface area (Å²) in [7, 11) is -2.23. The fourth-order valence-electron chi connectivity index (χ4n) is 3.99. The van der Waals surface area contributed by atoms with Crippen LogP contribution in [-0.2, 0) is 21.4 Å². The number of sulfonamides is 1. The summed E-state index contributed by atoms with van der Waals surface area (Å²) in [5, 5.41) is 4.68. The van der Waals surface area contributed by atoms with Crippen LogP contribution in [0.15, 0.2) is 65.6 Å². The molecule has 1 fully saturated rings. The van der Waals surface area contributed by atoms with Crippen molar-refractivity contribution >= 4 is 26.7 Å². The van der Waals surface area contributed by atoms with E-state index in [1.54, 1.807) is 18.2 Å². The molecule has 32 heavy (non-hydrogen) atoms. The molecule has 1 amide bonds. The Labute approximate surface area is 187 Å². The van der Waals surface area contributed by atoms with Gasteiger partial charge < -0.3 is 10.1 Å². The van der Waals surface area contributed by atoms with Crippen molar-refractivity contribution in [2.75, 3.05) is 20.2 Å². The maximum Gasteiger partial charge on any atom is 0.243 e. The summed E-state index contributed by atoms with van der Waals surface area (Å²) in [4.78, 5) is 12.8. The summed E-state index contributed by atoms with van der Waals surface area (Å²) in [6, 6.07) is 17.3. The summed E-state index contributed by atoms with van der Waals surface area (Å²) >= 11 is 0. The molecule has 1 aliphatic rings. The Kier molecular flexibility index (Phi) is 6.43. The SMILES string of the molecule is COc1ccc(CNC(=O)C2CCN(S(=O)(=O)c3ccc4ccccc4c3)CC2)cc1F. The number of carbonyl (C=O) groups excluding carboxylic acids is 1. The second kappa shape index (κ2) is 9.26. The van der Waals surface area contributed by atoms with Gasteiger partial charge in [-0.3, -0.25) is 4.79 Å². The number of amides is 1. The quantitative estimate of drug-likeness (QED) is 0.614. The highest BCUT2D eigenvalue weighted by Crippen LogP contribution is 2.26. The third-order valence-electron chi connectivity index (χ3n) is 5.87. The van der Waals surface area contributed by atoms with Gasteiger partial charge in [0.05, 0.1) is 12.0 Å². The molecule has 8 heteroatoms. The zero-order valence-electron chi connectivity index (χ0n) is 17.8. The van der Waals surface area contributed by atoms with Gasteiger partial charge in [-0.15, -0.1) is 0 Å². The molecule has 1 N–H and O–H groups in total. The molecule has 0 aromatic heterocycles. The minimum Gasteiger partial charge on any atom is -0.494 e. The molecular weight excluding hydrogens is 431 g/mol. The first-order valence-electron chi connectivity index (χ1n) is 10.5. The van der Waals surface area contributed by atoms with Crippen LogP contribution < -0.4 is 10.1 Å². The molecule has 0 bridgehead atoms. The number of piperidine rings is 1. The predicted molar refractivity (Wildman–Crippen MR) is 120 cm³/mol. The minimum absolute atomic E-state index is 0.149. The summed E-state index contributed by atoms with van der Waals surface area (Å²) in [6.45, 7) is 0.768. The molecule has 6 nitrogen and oxygen atoms in total. The molecule has 0 saturated carbocycles. The Bertz CT molecular complexity index is 1240. The topological polar surface area (TPSA) is 75.7 Å². The Balaban J connectivity index is 1.35. The highest BCUT2D eigenvalue weighted by molar-refractivity contribution is 7.89. The molecule has 0 unspecified atom stereocenters. The van der Waals surface area contributed by atoms with E-state index in [0.29, 0.717) is 18.4 Å². The van der Waals surface area contributed by atoms with E-state index in [1.165, 1.54) is 23.5 Å². The first-order valence-corrected chi connectivity index (χ1v) is 11.9. The molecule has 3 aromatic rings. The third kappa shape index (κ3) is 4.61. The van der Waals surface area contributed by atoms with Gasteiger partial charge in [-0.2, -0.15) is 4.31 Å². The largest absolute Gasteiger partial charge is 0.494 e. The van der Waals surface area contributed by atoms with E-state index in [9.17, 15) is 17.6 Å². The molecular formula is C24H25FN2O4S. The molecule has 168 valence electrons. The zero-order valence-corrected chi connectivity index (χ0v) is 18.6. The number of halogens is 1. The summed E-state index contributed by atoms with van der Waals surface area (Å²) in [6.07, 6.45) is 0.880. The number of hydrogen-bond donors (Lipinski definition) is 1. The van der Waals surface area contributed by atoms with Gasteiger partial charge in [-0.25, -0.2) is 12.8 Å². The van der Waals surface area contributed by atoms with Crippen LogP contribution in [0.25, 0.3) is 10.8 Å². The van der Waals surface area contributed by atoms with Gasteiger partial charge in [0.2, 0.25) is 15.9 Å². The van der Waals surface area contributed by atoms with Crippen LogP contribution in [0.3, 0.4) is 0 Å². The van der Waals surface area contributed by atoms with Gasteiger partial charge in [0, 0.05) is 25.6 Å². The number of methoxy groups -OCH3 is 1. The first-order chi connectivity index (χ1) is 15.4. The second-order valence-corrected chi connectivity index (χ2v) is 9.81. The number of nitrogens with one attached hydrogen (secondary N) is 1. The normalized spacial score (nSPS) is 15.6. The number of hydrogen-bond acceptors (Lipinski definition) is 4. The lowest BCUT2D eigenvalue weighted by atomic mass is 9.97. The van der Waals surface area contributed by atoms with Gasteiger partial charge in [-0.1, -0.05) is 36.4 Å². The summed E-state index contributed by atoms with van der Waals surface area (Å²) in [5.74, 6) is -0.753. The molecule has 0 radical (unpaired) electrons. The van der Waals surface area contributed by atoms with Crippen molar-refractivity contribution in [1.82, 2.24) is 9.62 Å². The van der Waals surface area contributed by atoms with Crippen LogP contribution in [0.2, 0.25) is 0 Å². The van der Waals surface area contributed by atoms with Gasteiger partial charge in [0.1, 0.15) is 0 Å². The first kappa shape index (κ1) is 22.2. The van der Waals surface area contributed by atoms with Gasteiger partial charge in [0.25, 0.3) is 0 Å². The lowest BCUT2D eigenvalue weighted by Gasteiger charge is -2.30. The van der Waals surface area contributed by atoms with Gasteiger partial charge in [-0.05, 0) is 53.4 Å². The Morgan fingerprint density at radius 2 is 1.78 bits per heavy atom. The number of ether oxygens (including phenoxy) is 1. The highest BCUT2D eigenvalue weighted by Gasteiger charge is 2.32. The summed E-state index contributed by atoms with van der Waals surface area (Å²) in [5.41, 5.74) is 0.632. The zero-order chi connectivity index (χ0) is 22.7. The molecule has 1 heterocycles. The number of fused-ring (bicyclic) bond motifs is 1. The van der Waals surface area contributed by atoms with Crippen molar-refractivity contribution < 1.29 is 22.3 Å². The lowest BCUT2D eigenvalue weighted by Crippen LogP contribution is -2.42. The molecule has 4 rings (SSSR count). The van der Waals surface area contributed by atoms with Crippen LogP contribution in [-0.4, -0.2) is 38.8 Å². The van der Waals surface area contributed by atoms with Gasteiger partial charge >= 0.3 is 0 Å². The van der Waals surface area contributed by atoms with Crippen molar-refractivity contribution in [3.63, 3.8) is 0 Å². The smallest absolute Gasteiger partial charge is 0.243 e. The Morgan fingerprint density at radius 3 is 2.47 bits per heavy atom. The number of benzene rings is 3. The number of carbonyl (C=O) groups is 1. The molecule has 1 aliphatic heterocycles. The van der Waals surface area contributed by atoms with Gasteiger partial charge in [0.15, 0.2) is 11.6 Å². The van der Waals surface area contributed by atoms with E-state index in [1.807, 2.05) is 30.3 Å². The van der Waals surface area contributed by atoms with Crippen molar-refractivity contribution in [2.45, 2.75) is 24.3 Å². The predicted octanol–water partition coefficient (Wildman–Crippen LogP) is 3.70. The van der Waals surface area contributed by atoms with Crippen molar-refractivity contribution in [3.8, 4) is 5.75 Å². The van der Waals surface area contributed by atoms with Crippen LogP contribution in [0, 0.1) is 11.7 Å². The van der Waals surface area contributed by atoms with E-state index in [0.717, 1.165) is 10.8 Å². The maximum absolute atomic E-state index is 13.8. The highest BCUT2D eigenvalue weighted by atomic mass is 32.2. The molecule has 1 saturated heterocycles. The van der Waals surface area contributed by atoms with E-state index in [2.05, 4.69) is 5.32 Å². The number of nitrogens with zero attached hydrogens (tertiary/aromatic N) is 1. The van der Waals surface area contributed by atoms with Crippen LogP contribution in [0.5, 0.6) is 5.75 Å². The third-order valence-corrected chi connectivity index (χ3v) is 7.76. The van der Waals surface area contributed by atoms with Crippen LogP contribution in [0.4, 0.5) is 4.39 Å². The maximum atomic E-state index is 13.8. The van der Waals surface area contributed by atoms with E-state index >= 15 is 0 Å². The fraction of sp³-hybridized carbons (Fsp3) is 0.292. The van der Waals surface area contributed by atoms with Crippen LogP contribution in [0.1, 0.15) is 18.4 Å². The van der Waals surface area contributed by atoms with E-state index in [4.69, 9.17) is 4.74 Å². The monoisotopic (exact) mass is 456 g/mol. The molecule has 0 atom stereocenters. The lowest BCUT2D eigenvalue weighted by molar-refractivity contribution is -0.126. The summed E-state index contributed by atoms with van der Waals surface area (Å²) < 4.78 is 46.3. The number of rotatable bonds is 6. The standard InChI is InChI=1S/C24H25FN2O4S/c1-31-23-9-6-17(14-22(23)25)16-26-24(28)19-10-12-27(13-11-19)32(29,30)21-8-7-18-4-2-3-5-20(18)15-21/h2-9,14-15,19H,10-13,16H2,1H3,(H,26,28). The average Bonchev–Trinajstić information content (AvgIpc) is 2.82. The van der Waals surface area contributed by atoms with Crippen molar-refractivity contribution in [1.29, 1.82) is 0 Å². The minimum atomic E-state index is -3.62. The average molecular weight is 457 g/mol. The van der Waals surface area contributed by atoms with E-state index in [-0.39, 0.29) is 42.1 Å². The second-order valence-electron chi connectivity index (χ2n) is 7.87. The van der Waals surface area contributed by atoms with Crippen molar-refractivity contribution in [3.05, 3.63) is 72.0 Å². The Morgan fingerprint density at radius 1 is 1.06 bits per heavy atom. The van der Waals surface area contributed by atoms with E-state index < -0.39 is 15.8 Å². The Hall–Kier alpha value is -2.97. The van der Waals surface area contributed by atoms with Crippen LogP contribution >= 0.6 is 0 Å². The molecule has 3 aromatic carbocycles.